The van der Waals surface area contributed by atoms with Crippen molar-refractivity contribution in [1.29, 1.82) is 0 Å². The molecule has 0 aromatic carbocycles. The molecular formula is C21H35N5O2. The van der Waals surface area contributed by atoms with E-state index in [9.17, 15) is 9.59 Å². The Labute approximate surface area is 168 Å². The molecule has 0 radical (unpaired) electrons. The molecule has 0 fully saturated rings. The number of fused-ring (bicyclic) bond motifs is 1. The van der Waals surface area contributed by atoms with Gasteiger partial charge in [0.25, 0.3) is 5.91 Å². The number of anilines is 1. The van der Waals surface area contributed by atoms with Crippen LogP contribution in [0.3, 0.4) is 0 Å². The van der Waals surface area contributed by atoms with Gasteiger partial charge >= 0.3 is 6.03 Å². The number of nitrogens with zero attached hydrogens (tertiary/aromatic N) is 3. The zero-order valence-corrected chi connectivity index (χ0v) is 18.1. The molecule has 156 valence electrons. The molecule has 0 aliphatic carbocycles. The van der Waals surface area contributed by atoms with Crippen molar-refractivity contribution in [3.8, 4) is 0 Å². The molecule has 0 saturated carbocycles. The van der Waals surface area contributed by atoms with Crippen molar-refractivity contribution in [2.75, 3.05) is 45.6 Å². The summed E-state index contributed by atoms with van der Waals surface area (Å²) in [6.45, 7) is 11.1. The minimum Gasteiger partial charge on any atom is -0.369 e. The van der Waals surface area contributed by atoms with Crippen LogP contribution in [0.2, 0.25) is 0 Å². The van der Waals surface area contributed by atoms with Crippen LogP contribution in [0.4, 0.5) is 10.6 Å². The lowest BCUT2D eigenvalue weighted by Gasteiger charge is -2.21. The van der Waals surface area contributed by atoms with Gasteiger partial charge in [0.2, 0.25) is 0 Å². The van der Waals surface area contributed by atoms with E-state index in [0.717, 1.165) is 17.8 Å². The quantitative estimate of drug-likeness (QED) is 0.784. The Bertz CT molecular complexity index is 700. The van der Waals surface area contributed by atoms with Gasteiger partial charge in [-0.2, -0.15) is 0 Å². The molecule has 2 N–H and O–H groups in total. The van der Waals surface area contributed by atoms with Gasteiger partial charge in [-0.1, -0.05) is 27.7 Å². The van der Waals surface area contributed by atoms with Gasteiger partial charge in [-0.3, -0.25) is 4.79 Å². The van der Waals surface area contributed by atoms with Gasteiger partial charge in [-0.25, -0.2) is 9.78 Å². The number of aromatic nitrogens is 1. The first-order valence-corrected chi connectivity index (χ1v) is 10.2. The maximum Gasteiger partial charge on any atom is 0.317 e. The Hall–Kier alpha value is -2.31. The van der Waals surface area contributed by atoms with E-state index in [4.69, 9.17) is 4.98 Å². The van der Waals surface area contributed by atoms with Gasteiger partial charge in [0.1, 0.15) is 5.82 Å². The van der Waals surface area contributed by atoms with Crippen LogP contribution in [0.15, 0.2) is 6.07 Å². The van der Waals surface area contributed by atoms with Gasteiger partial charge in [0, 0.05) is 52.4 Å². The first-order valence-electron chi connectivity index (χ1n) is 10.2. The van der Waals surface area contributed by atoms with E-state index in [1.807, 2.05) is 11.0 Å². The minimum atomic E-state index is -0.0580. The SMILES string of the molecule is CC(C)CNC(=O)N1CCc2cc(C(=O)N(C)C)c(NCC(C)C)nc2CC1. The maximum atomic E-state index is 12.7. The van der Waals surface area contributed by atoms with Crippen LogP contribution in [0.5, 0.6) is 0 Å². The highest BCUT2D eigenvalue weighted by atomic mass is 16.2. The summed E-state index contributed by atoms with van der Waals surface area (Å²) in [5.74, 6) is 1.45. The number of nitrogens with one attached hydrogen (secondary N) is 2. The molecule has 0 atom stereocenters. The lowest BCUT2D eigenvalue weighted by Crippen LogP contribution is -2.42. The largest absolute Gasteiger partial charge is 0.369 e. The van der Waals surface area contributed by atoms with Gasteiger partial charge in [-0.05, 0) is 29.9 Å². The lowest BCUT2D eigenvalue weighted by molar-refractivity contribution is 0.0828. The Morgan fingerprint density at radius 2 is 1.75 bits per heavy atom. The number of hydrogen-bond acceptors (Lipinski definition) is 4. The second-order valence-electron chi connectivity index (χ2n) is 8.53. The highest BCUT2D eigenvalue weighted by Crippen LogP contribution is 2.23. The van der Waals surface area contributed by atoms with Gasteiger partial charge in [0.05, 0.1) is 5.56 Å². The molecule has 0 saturated heterocycles. The van der Waals surface area contributed by atoms with Gasteiger partial charge in [-0.15, -0.1) is 0 Å². The predicted molar refractivity (Wildman–Crippen MR) is 113 cm³/mol. The van der Waals surface area contributed by atoms with Crippen molar-refractivity contribution in [3.63, 3.8) is 0 Å². The molecule has 0 spiro atoms. The molecule has 0 unspecified atom stereocenters. The Morgan fingerprint density at radius 3 is 2.36 bits per heavy atom. The minimum absolute atomic E-state index is 0.0238. The number of carbonyl (C=O) groups excluding carboxylic acids is 2. The van der Waals surface area contributed by atoms with Crippen LogP contribution in [-0.2, 0) is 12.8 Å². The van der Waals surface area contributed by atoms with Crippen LogP contribution < -0.4 is 10.6 Å². The molecule has 3 amide bonds. The summed E-state index contributed by atoms with van der Waals surface area (Å²) >= 11 is 0. The maximum absolute atomic E-state index is 12.7. The number of hydrogen-bond donors (Lipinski definition) is 2. The third kappa shape index (κ3) is 5.84. The van der Waals surface area contributed by atoms with Gasteiger partial charge < -0.3 is 20.4 Å². The molecule has 1 aliphatic heterocycles. The molecule has 28 heavy (non-hydrogen) atoms. The molecule has 1 aliphatic rings. The van der Waals surface area contributed by atoms with E-state index in [1.165, 1.54) is 0 Å². The zero-order chi connectivity index (χ0) is 20.8. The summed E-state index contributed by atoms with van der Waals surface area (Å²) in [4.78, 5) is 33.3. The van der Waals surface area contributed by atoms with Crippen molar-refractivity contribution >= 4 is 17.8 Å². The molecule has 0 bridgehead atoms. The van der Waals surface area contributed by atoms with Crippen molar-refractivity contribution in [2.24, 2.45) is 11.8 Å². The highest BCUT2D eigenvalue weighted by molar-refractivity contribution is 5.98. The highest BCUT2D eigenvalue weighted by Gasteiger charge is 2.23. The lowest BCUT2D eigenvalue weighted by atomic mass is 10.0. The van der Waals surface area contributed by atoms with Crippen molar-refractivity contribution < 1.29 is 9.59 Å². The number of amides is 3. The topological polar surface area (TPSA) is 77.6 Å². The zero-order valence-electron chi connectivity index (χ0n) is 18.1. The van der Waals surface area contributed by atoms with Crippen molar-refractivity contribution in [1.82, 2.24) is 20.1 Å². The fourth-order valence-electron chi connectivity index (χ4n) is 3.08. The van der Waals surface area contributed by atoms with Crippen LogP contribution in [0, 0.1) is 11.8 Å². The summed E-state index contributed by atoms with van der Waals surface area (Å²) < 4.78 is 0. The van der Waals surface area contributed by atoms with Crippen molar-refractivity contribution in [3.05, 3.63) is 22.9 Å². The summed E-state index contributed by atoms with van der Waals surface area (Å²) in [6, 6.07) is 1.94. The average molecular weight is 390 g/mol. The smallest absolute Gasteiger partial charge is 0.317 e. The van der Waals surface area contributed by atoms with E-state index >= 15 is 0 Å². The first-order chi connectivity index (χ1) is 13.2. The van der Waals surface area contributed by atoms with E-state index in [2.05, 4.69) is 38.3 Å². The standard InChI is InChI=1S/C21H35N5O2/c1-14(2)12-22-19-17(20(27)25(5)6)11-16-7-9-26(10-8-18(16)24-19)21(28)23-13-15(3)4/h11,14-15H,7-10,12-13H2,1-6H3,(H,22,24)(H,23,28). The summed E-state index contributed by atoms with van der Waals surface area (Å²) in [7, 11) is 3.50. The Kier molecular flexibility index (Phi) is 7.66. The van der Waals surface area contributed by atoms with Crippen LogP contribution in [0.25, 0.3) is 0 Å². The second kappa shape index (κ2) is 9.75. The molecule has 7 nitrogen and oxygen atoms in total. The fraction of sp³-hybridized carbons (Fsp3) is 0.667. The Balaban J connectivity index is 2.22. The first kappa shape index (κ1) is 22.0. The second-order valence-corrected chi connectivity index (χ2v) is 8.53. The number of pyridine rings is 1. The Morgan fingerprint density at radius 1 is 1.11 bits per heavy atom. The van der Waals surface area contributed by atoms with E-state index in [0.29, 0.717) is 55.7 Å². The van der Waals surface area contributed by atoms with E-state index in [1.54, 1.807) is 19.0 Å². The van der Waals surface area contributed by atoms with E-state index in [-0.39, 0.29) is 11.9 Å². The third-order valence-electron chi connectivity index (χ3n) is 4.72. The van der Waals surface area contributed by atoms with Gasteiger partial charge in [0.15, 0.2) is 0 Å². The average Bonchev–Trinajstić information content (AvgIpc) is 2.84. The van der Waals surface area contributed by atoms with Crippen LogP contribution in [-0.4, -0.2) is 67.0 Å². The number of rotatable bonds is 6. The summed E-state index contributed by atoms with van der Waals surface area (Å²) in [6.07, 6.45) is 1.40. The molecular weight excluding hydrogens is 354 g/mol. The van der Waals surface area contributed by atoms with Crippen LogP contribution in [0.1, 0.15) is 49.3 Å². The normalized spacial score (nSPS) is 13.9. The molecule has 7 heteroatoms. The number of carbonyl (C=O) groups is 2. The fourth-order valence-corrected chi connectivity index (χ4v) is 3.08. The molecule has 1 aromatic heterocycles. The number of urea groups is 1. The third-order valence-corrected chi connectivity index (χ3v) is 4.72. The van der Waals surface area contributed by atoms with E-state index < -0.39 is 0 Å². The van der Waals surface area contributed by atoms with Crippen LogP contribution >= 0.6 is 0 Å². The predicted octanol–water partition coefficient (Wildman–Crippen LogP) is 2.62. The molecule has 2 heterocycles. The summed E-state index contributed by atoms with van der Waals surface area (Å²) in [5.41, 5.74) is 2.63. The molecule has 1 aromatic rings. The molecule has 2 rings (SSSR count). The van der Waals surface area contributed by atoms with Crippen molar-refractivity contribution in [2.45, 2.75) is 40.5 Å². The monoisotopic (exact) mass is 389 g/mol. The summed E-state index contributed by atoms with van der Waals surface area (Å²) in [5, 5.41) is 6.32.